The first-order valence-corrected chi connectivity index (χ1v) is 5.49. The Bertz CT molecular complexity index is 502. The Labute approximate surface area is 96.3 Å². The lowest BCUT2D eigenvalue weighted by molar-refractivity contribution is 0.0737. The predicted molar refractivity (Wildman–Crippen MR) is 61.1 cm³/mol. The second-order valence-corrected chi connectivity index (χ2v) is 3.94. The second-order valence-electron chi connectivity index (χ2n) is 3.03. The maximum Gasteiger partial charge on any atom is 0.354 e. The molecule has 0 aliphatic heterocycles. The molecule has 16 heavy (non-hydrogen) atoms. The van der Waals surface area contributed by atoms with E-state index >= 15 is 0 Å². The number of hydrogen-bond donors (Lipinski definition) is 0. The quantitative estimate of drug-likeness (QED) is 0.464. The molecule has 2 aromatic rings. The van der Waals surface area contributed by atoms with Crippen LogP contribution in [0.3, 0.4) is 0 Å². The molecule has 0 N–H and O–H groups in total. The molecule has 1 heterocycles. The van der Waals surface area contributed by atoms with Crippen molar-refractivity contribution in [3.05, 3.63) is 52.2 Å². The highest BCUT2D eigenvalue weighted by molar-refractivity contribution is 7.12. The van der Waals surface area contributed by atoms with E-state index in [0.29, 0.717) is 22.5 Å². The maximum absolute atomic E-state index is 11.7. The molecule has 0 spiro atoms. The van der Waals surface area contributed by atoms with Gasteiger partial charge in [0.1, 0.15) is 10.6 Å². The lowest BCUT2D eigenvalue weighted by Crippen LogP contribution is -2.08. The van der Waals surface area contributed by atoms with Crippen molar-refractivity contribution in [2.24, 2.45) is 0 Å². The third-order valence-corrected chi connectivity index (χ3v) is 2.87. The average molecular weight is 232 g/mol. The van der Waals surface area contributed by atoms with Gasteiger partial charge in [-0.1, -0.05) is 18.2 Å². The number of carbonyl (C=O) groups is 2. The van der Waals surface area contributed by atoms with Gasteiger partial charge in [-0.15, -0.1) is 11.3 Å². The van der Waals surface area contributed by atoms with Crippen LogP contribution in [-0.4, -0.2) is 12.3 Å². The fraction of sp³-hybridized carbons (Fsp3) is 0. The molecule has 4 heteroatoms. The van der Waals surface area contributed by atoms with Crippen molar-refractivity contribution in [1.29, 1.82) is 0 Å². The molecule has 0 aliphatic rings. The van der Waals surface area contributed by atoms with E-state index < -0.39 is 5.97 Å². The summed E-state index contributed by atoms with van der Waals surface area (Å²) in [5, 5.41) is 1.69. The highest BCUT2D eigenvalue weighted by Gasteiger charge is 2.14. The number of esters is 1. The lowest BCUT2D eigenvalue weighted by Gasteiger charge is -2.02. The summed E-state index contributed by atoms with van der Waals surface area (Å²) in [5.74, 6) is -0.0268. The Morgan fingerprint density at radius 1 is 1.19 bits per heavy atom. The monoisotopic (exact) mass is 232 g/mol. The number of benzene rings is 1. The zero-order valence-electron chi connectivity index (χ0n) is 8.25. The van der Waals surface area contributed by atoms with E-state index in [0.717, 1.165) is 0 Å². The van der Waals surface area contributed by atoms with Gasteiger partial charge >= 0.3 is 5.97 Å². The third-order valence-electron chi connectivity index (χ3n) is 1.96. The molecule has 0 saturated heterocycles. The minimum atomic E-state index is -0.497. The van der Waals surface area contributed by atoms with Crippen molar-refractivity contribution in [3.8, 4) is 5.75 Å². The number of carbonyl (C=O) groups excluding carboxylic acids is 2. The zero-order chi connectivity index (χ0) is 11.4. The Morgan fingerprint density at radius 3 is 2.62 bits per heavy atom. The highest BCUT2D eigenvalue weighted by atomic mass is 32.1. The number of aldehydes is 1. The first-order chi connectivity index (χ1) is 7.81. The fourth-order valence-corrected chi connectivity index (χ4v) is 1.96. The van der Waals surface area contributed by atoms with Crippen molar-refractivity contribution in [3.63, 3.8) is 0 Å². The summed E-state index contributed by atoms with van der Waals surface area (Å²) in [4.78, 5) is 22.7. The van der Waals surface area contributed by atoms with Gasteiger partial charge in [-0.25, -0.2) is 4.79 Å². The van der Waals surface area contributed by atoms with Gasteiger partial charge in [-0.2, -0.15) is 0 Å². The van der Waals surface area contributed by atoms with E-state index in [1.54, 1.807) is 35.7 Å². The van der Waals surface area contributed by atoms with E-state index in [2.05, 4.69) is 0 Å². The van der Waals surface area contributed by atoms with E-state index in [1.165, 1.54) is 11.3 Å². The summed E-state index contributed by atoms with van der Waals surface area (Å²) in [7, 11) is 0. The molecule has 80 valence electrons. The molecule has 1 aromatic heterocycles. The smallest absolute Gasteiger partial charge is 0.354 e. The zero-order valence-corrected chi connectivity index (χ0v) is 9.07. The molecule has 0 bridgehead atoms. The number of rotatable bonds is 3. The first kappa shape index (κ1) is 10.6. The summed E-state index contributed by atoms with van der Waals surface area (Å²) in [6.45, 7) is 0. The summed E-state index contributed by atoms with van der Waals surface area (Å²) >= 11 is 1.20. The summed E-state index contributed by atoms with van der Waals surface area (Å²) in [5.41, 5.74) is 0.367. The van der Waals surface area contributed by atoms with Crippen LogP contribution in [-0.2, 0) is 0 Å². The summed E-state index contributed by atoms with van der Waals surface area (Å²) < 4.78 is 5.11. The van der Waals surface area contributed by atoms with Gasteiger partial charge in [-0.05, 0) is 23.6 Å². The van der Waals surface area contributed by atoms with Crippen LogP contribution in [0.1, 0.15) is 20.0 Å². The first-order valence-electron chi connectivity index (χ1n) is 4.61. The van der Waals surface area contributed by atoms with Crippen molar-refractivity contribution in [2.45, 2.75) is 0 Å². The molecule has 0 fully saturated rings. The molecule has 0 atom stereocenters. The van der Waals surface area contributed by atoms with Crippen LogP contribution < -0.4 is 4.74 Å². The predicted octanol–water partition coefficient (Wildman–Crippen LogP) is 2.78. The number of ether oxygens (including phenoxy) is 1. The Morgan fingerprint density at radius 2 is 1.94 bits per heavy atom. The fourth-order valence-electron chi connectivity index (χ4n) is 1.22. The van der Waals surface area contributed by atoms with E-state index in [9.17, 15) is 9.59 Å². The third kappa shape index (κ3) is 2.17. The van der Waals surface area contributed by atoms with Gasteiger partial charge in [-0.3, -0.25) is 4.79 Å². The second kappa shape index (κ2) is 4.72. The Hall–Kier alpha value is -1.94. The van der Waals surface area contributed by atoms with Gasteiger partial charge in [0, 0.05) is 5.56 Å². The molecule has 0 radical (unpaired) electrons. The van der Waals surface area contributed by atoms with Gasteiger partial charge < -0.3 is 4.74 Å². The Balaban J connectivity index is 2.18. The molecule has 0 unspecified atom stereocenters. The van der Waals surface area contributed by atoms with Crippen molar-refractivity contribution in [1.82, 2.24) is 0 Å². The van der Waals surface area contributed by atoms with Gasteiger partial charge in [0.05, 0.1) is 0 Å². The van der Waals surface area contributed by atoms with Crippen LogP contribution >= 0.6 is 11.3 Å². The largest absolute Gasteiger partial charge is 0.422 e. The van der Waals surface area contributed by atoms with Crippen LogP contribution in [0, 0.1) is 0 Å². The topological polar surface area (TPSA) is 43.4 Å². The molecule has 3 nitrogen and oxygen atoms in total. The molecule has 1 aromatic carbocycles. The molecule has 0 aliphatic carbocycles. The average Bonchev–Trinajstić information content (AvgIpc) is 2.78. The van der Waals surface area contributed by atoms with Crippen LogP contribution in [0.15, 0.2) is 41.8 Å². The molecule has 0 amide bonds. The van der Waals surface area contributed by atoms with Crippen LogP contribution in [0.5, 0.6) is 5.75 Å². The lowest BCUT2D eigenvalue weighted by atomic mass is 10.3. The minimum Gasteiger partial charge on any atom is -0.422 e. The van der Waals surface area contributed by atoms with Crippen molar-refractivity contribution < 1.29 is 14.3 Å². The maximum atomic E-state index is 11.7. The number of para-hydroxylation sites is 1. The molecule has 2 rings (SSSR count). The number of thiophene rings is 1. The van der Waals surface area contributed by atoms with E-state index in [4.69, 9.17) is 4.74 Å². The van der Waals surface area contributed by atoms with Crippen molar-refractivity contribution >= 4 is 23.6 Å². The Kier molecular flexibility index (Phi) is 3.12. The van der Waals surface area contributed by atoms with E-state index in [-0.39, 0.29) is 0 Å². The minimum absolute atomic E-state index is 0.332. The van der Waals surface area contributed by atoms with Gasteiger partial charge in [0.25, 0.3) is 0 Å². The SMILES string of the molecule is O=Cc1ccsc1C(=O)Oc1ccccc1. The molecular formula is C12H8O3S. The van der Waals surface area contributed by atoms with E-state index in [1.807, 2.05) is 6.07 Å². The normalized spacial score (nSPS) is 9.75. The van der Waals surface area contributed by atoms with Crippen LogP contribution in [0.25, 0.3) is 0 Å². The molecule has 0 saturated carbocycles. The summed E-state index contributed by atoms with van der Waals surface area (Å²) in [6.07, 6.45) is 0.651. The van der Waals surface area contributed by atoms with Crippen molar-refractivity contribution in [2.75, 3.05) is 0 Å². The van der Waals surface area contributed by atoms with Crippen LogP contribution in [0.2, 0.25) is 0 Å². The highest BCUT2D eigenvalue weighted by Crippen LogP contribution is 2.18. The van der Waals surface area contributed by atoms with Gasteiger partial charge in [0.2, 0.25) is 0 Å². The molecular weight excluding hydrogens is 224 g/mol. The standard InChI is InChI=1S/C12H8O3S/c13-8-9-6-7-16-11(9)12(14)15-10-4-2-1-3-5-10/h1-8H. The number of hydrogen-bond acceptors (Lipinski definition) is 4. The van der Waals surface area contributed by atoms with Gasteiger partial charge in [0.15, 0.2) is 6.29 Å². The summed E-state index contributed by atoms with van der Waals surface area (Å²) in [6, 6.07) is 10.4. The van der Waals surface area contributed by atoms with Crippen LogP contribution in [0.4, 0.5) is 0 Å².